The largest absolute Gasteiger partial charge is 0.175 e. The lowest BCUT2D eigenvalue weighted by Crippen LogP contribution is -2.25. The monoisotopic (exact) mass is 194 g/mol. The Morgan fingerprint density at radius 2 is 2.40 bits per heavy atom. The second-order valence-electron chi connectivity index (χ2n) is 2.80. The average molecular weight is 194 g/mol. The number of hydrogen-bond acceptors (Lipinski definition) is 3. The highest BCUT2D eigenvalue weighted by atomic mass is 32.2. The van der Waals surface area contributed by atoms with E-state index in [1.54, 1.807) is 0 Å². The van der Waals surface area contributed by atoms with Gasteiger partial charge in [-0.3, -0.25) is 0 Å². The van der Waals surface area contributed by atoms with E-state index in [1.165, 1.54) is 25.0 Å². The number of hydrogen-bond donors (Lipinski definition) is 2. The van der Waals surface area contributed by atoms with Gasteiger partial charge in [0.1, 0.15) is 0 Å². The highest BCUT2D eigenvalue weighted by molar-refractivity contribution is 8.11. The molecule has 1 rings (SSSR count). The Balaban J connectivity index is 2.38. The van der Waals surface area contributed by atoms with Crippen molar-refractivity contribution in [2.45, 2.75) is 35.5 Å². The minimum absolute atomic E-state index is 0.263. The molecule has 1 saturated heterocycles. The minimum Gasteiger partial charge on any atom is -0.175 e. The van der Waals surface area contributed by atoms with Crippen molar-refractivity contribution in [3.63, 3.8) is 0 Å². The fourth-order valence-corrected chi connectivity index (χ4v) is 2.92. The molecule has 2 atom stereocenters. The first-order chi connectivity index (χ1) is 4.66. The quantitative estimate of drug-likeness (QED) is 0.605. The third-order valence-corrected chi connectivity index (χ3v) is 5.18. The predicted molar refractivity (Wildman–Crippen MR) is 56.5 cm³/mol. The summed E-state index contributed by atoms with van der Waals surface area (Å²) in [6.45, 7) is 2.21. The maximum absolute atomic E-state index is 4.62. The standard InChI is InChI=1S/C7H14S3/c1-2-7(9)4-3-6(8)5-10-7/h6,8-9H,2-5H2,1H3. The zero-order valence-corrected chi connectivity index (χ0v) is 8.81. The molecule has 3 heteroatoms. The molecule has 1 fully saturated rings. The summed E-state index contributed by atoms with van der Waals surface area (Å²) >= 11 is 11.0. The van der Waals surface area contributed by atoms with Crippen LogP contribution < -0.4 is 0 Å². The normalized spacial score (nSPS) is 41.7. The van der Waals surface area contributed by atoms with Crippen molar-refractivity contribution in [2.24, 2.45) is 0 Å². The first-order valence-electron chi connectivity index (χ1n) is 3.71. The van der Waals surface area contributed by atoms with Crippen LogP contribution in [0, 0.1) is 0 Å². The lowest BCUT2D eigenvalue weighted by atomic mass is 10.1. The summed E-state index contributed by atoms with van der Waals surface area (Å²) in [7, 11) is 0. The van der Waals surface area contributed by atoms with Crippen molar-refractivity contribution < 1.29 is 0 Å². The van der Waals surface area contributed by atoms with Gasteiger partial charge in [0.05, 0.1) is 4.08 Å². The molecule has 1 aliphatic rings. The molecule has 60 valence electrons. The van der Waals surface area contributed by atoms with E-state index >= 15 is 0 Å². The number of thiol groups is 2. The maximum atomic E-state index is 4.62. The Morgan fingerprint density at radius 3 is 2.80 bits per heavy atom. The van der Waals surface area contributed by atoms with Crippen molar-refractivity contribution in [1.29, 1.82) is 0 Å². The Kier molecular flexibility index (Phi) is 3.32. The van der Waals surface area contributed by atoms with Crippen LogP contribution in [-0.2, 0) is 0 Å². The third kappa shape index (κ3) is 2.28. The Bertz CT molecular complexity index is 105. The van der Waals surface area contributed by atoms with E-state index < -0.39 is 0 Å². The van der Waals surface area contributed by atoms with Gasteiger partial charge in [0.15, 0.2) is 0 Å². The van der Waals surface area contributed by atoms with Gasteiger partial charge in [-0.05, 0) is 19.3 Å². The molecule has 2 unspecified atom stereocenters. The van der Waals surface area contributed by atoms with Gasteiger partial charge < -0.3 is 0 Å². The Hall–Kier alpha value is 1.05. The molecule has 1 aliphatic heterocycles. The van der Waals surface area contributed by atoms with Crippen molar-refractivity contribution >= 4 is 37.0 Å². The van der Waals surface area contributed by atoms with Crippen LogP contribution in [0.3, 0.4) is 0 Å². The maximum Gasteiger partial charge on any atom is 0.0579 e. The predicted octanol–water partition coefficient (Wildman–Crippen LogP) is 2.85. The van der Waals surface area contributed by atoms with Crippen molar-refractivity contribution in [3.05, 3.63) is 0 Å². The van der Waals surface area contributed by atoms with Crippen LogP contribution in [0.4, 0.5) is 0 Å². The van der Waals surface area contributed by atoms with Crippen molar-refractivity contribution in [2.75, 3.05) is 5.75 Å². The van der Waals surface area contributed by atoms with Crippen LogP contribution in [0.2, 0.25) is 0 Å². The zero-order chi connectivity index (χ0) is 7.61. The molecule has 0 spiro atoms. The van der Waals surface area contributed by atoms with Gasteiger partial charge in [0.2, 0.25) is 0 Å². The lowest BCUT2D eigenvalue weighted by Gasteiger charge is -2.33. The van der Waals surface area contributed by atoms with Gasteiger partial charge in [0, 0.05) is 11.0 Å². The second kappa shape index (κ2) is 3.63. The van der Waals surface area contributed by atoms with Crippen LogP contribution in [-0.4, -0.2) is 15.1 Å². The molecule has 10 heavy (non-hydrogen) atoms. The minimum atomic E-state index is 0.263. The summed E-state index contributed by atoms with van der Waals surface area (Å²) in [5, 5.41) is 0.608. The first-order valence-corrected chi connectivity index (χ1v) is 5.65. The molecule has 0 aromatic heterocycles. The summed E-state index contributed by atoms with van der Waals surface area (Å²) in [5.74, 6) is 1.17. The summed E-state index contributed by atoms with van der Waals surface area (Å²) in [4.78, 5) is 0. The molecule has 0 aromatic carbocycles. The van der Waals surface area contributed by atoms with Gasteiger partial charge in [0.25, 0.3) is 0 Å². The summed E-state index contributed by atoms with van der Waals surface area (Å²) < 4.78 is 0.263. The van der Waals surface area contributed by atoms with Crippen LogP contribution >= 0.6 is 37.0 Å². The Morgan fingerprint density at radius 1 is 1.70 bits per heavy atom. The SMILES string of the molecule is CCC1(S)CCC(S)CS1. The fraction of sp³-hybridized carbons (Fsp3) is 1.00. The van der Waals surface area contributed by atoms with Crippen LogP contribution in [0.25, 0.3) is 0 Å². The molecule has 0 radical (unpaired) electrons. The first kappa shape index (κ1) is 9.14. The van der Waals surface area contributed by atoms with Gasteiger partial charge in [-0.2, -0.15) is 25.3 Å². The lowest BCUT2D eigenvalue weighted by molar-refractivity contribution is 0.630. The summed E-state index contributed by atoms with van der Waals surface area (Å²) in [6.07, 6.45) is 3.61. The molecule has 0 aliphatic carbocycles. The molecule has 0 bridgehead atoms. The molecule has 1 heterocycles. The van der Waals surface area contributed by atoms with Gasteiger partial charge >= 0.3 is 0 Å². The second-order valence-corrected chi connectivity index (χ2v) is 6.10. The van der Waals surface area contributed by atoms with Gasteiger partial charge in [-0.1, -0.05) is 6.92 Å². The summed E-state index contributed by atoms with van der Waals surface area (Å²) in [5.41, 5.74) is 0. The smallest absolute Gasteiger partial charge is 0.0579 e. The van der Waals surface area contributed by atoms with Crippen molar-refractivity contribution in [3.8, 4) is 0 Å². The number of thioether (sulfide) groups is 1. The van der Waals surface area contributed by atoms with Crippen LogP contribution in [0.1, 0.15) is 26.2 Å². The molecule has 0 aromatic rings. The molecule has 0 saturated carbocycles. The van der Waals surface area contributed by atoms with E-state index in [4.69, 9.17) is 0 Å². The van der Waals surface area contributed by atoms with E-state index in [9.17, 15) is 0 Å². The highest BCUT2D eigenvalue weighted by Crippen LogP contribution is 2.43. The van der Waals surface area contributed by atoms with E-state index in [-0.39, 0.29) is 4.08 Å². The van der Waals surface area contributed by atoms with Crippen LogP contribution in [0.5, 0.6) is 0 Å². The zero-order valence-electron chi connectivity index (χ0n) is 6.21. The van der Waals surface area contributed by atoms with Gasteiger partial charge in [-0.15, -0.1) is 11.8 Å². The van der Waals surface area contributed by atoms with Crippen LogP contribution in [0.15, 0.2) is 0 Å². The number of rotatable bonds is 1. The molecular weight excluding hydrogens is 180 g/mol. The topological polar surface area (TPSA) is 0 Å². The van der Waals surface area contributed by atoms with E-state index in [1.807, 2.05) is 11.8 Å². The average Bonchev–Trinajstić information content (AvgIpc) is 1.96. The van der Waals surface area contributed by atoms with E-state index in [0.29, 0.717) is 5.25 Å². The fourth-order valence-electron chi connectivity index (χ4n) is 1.08. The molecular formula is C7H14S3. The molecule has 0 amide bonds. The Labute approximate surface area is 78.4 Å². The summed E-state index contributed by atoms with van der Waals surface area (Å²) in [6, 6.07) is 0. The molecule has 0 nitrogen and oxygen atoms in total. The van der Waals surface area contributed by atoms with E-state index in [2.05, 4.69) is 32.2 Å². The highest BCUT2D eigenvalue weighted by Gasteiger charge is 2.29. The van der Waals surface area contributed by atoms with Crippen molar-refractivity contribution in [1.82, 2.24) is 0 Å². The third-order valence-electron chi connectivity index (χ3n) is 1.97. The van der Waals surface area contributed by atoms with E-state index in [0.717, 1.165) is 0 Å². The molecule has 0 N–H and O–H groups in total. The van der Waals surface area contributed by atoms with Gasteiger partial charge in [-0.25, -0.2) is 0 Å².